The summed E-state index contributed by atoms with van der Waals surface area (Å²) in [5.74, 6) is 1.16. The molecule has 7 nitrogen and oxygen atoms in total. The number of aromatic nitrogens is 2. The summed E-state index contributed by atoms with van der Waals surface area (Å²) in [6.07, 6.45) is 8.83. The maximum atomic E-state index is 14.8. The molecular weight excluding hydrogens is 436 g/mol. The van der Waals surface area contributed by atoms with Gasteiger partial charge in [0, 0.05) is 18.5 Å². The number of β-lactam (4-membered cyclic amide) rings is 1. The number of fused-ring (bicyclic) bond motifs is 1. The minimum Gasteiger partial charge on any atom is -0.463 e. The molecule has 10 heteroatoms. The average molecular weight is 453 g/mol. The van der Waals surface area contributed by atoms with E-state index in [0.717, 1.165) is 0 Å². The van der Waals surface area contributed by atoms with Gasteiger partial charge in [-0.2, -0.15) is 0 Å². The van der Waals surface area contributed by atoms with Crippen molar-refractivity contribution in [3.63, 3.8) is 0 Å². The van der Waals surface area contributed by atoms with Crippen molar-refractivity contribution in [1.29, 1.82) is 0 Å². The summed E-state index contributed by atoms with van der Waals surface area (Å²) in [4.78, 5) is 26.4. The molecule has 1 aromatic heterocycles. The van der Waals surface area contributed by atoms with E-state index >= 15 is 0 Å². The lowest BCUT2D eigenvalue weighted by atomic mass is 9.98. The lowest BCUT2D eigenvalue weighted by Gasteiger charge is -2.34. The van der Waals surface area contributed by atoms with Crippen molar-refractivity contribution in [3.8, 4) is 18.2 Å². The molecule has 5 rings (SSSR count). The lowest BCUT2D eigenvalue weighted by molar-refractivity contribution is -0.136. The fourth-order valence-electron chi connectivity index (χ4n) is 4.49. The van der Waals surface area contributed by atoms with Gasteiger partial charge in [-0.15, -0.1) is 6.42 Å². The predicted molar refractivity (Wildman–Crippen MR) is 116 cm³/mol. The zero-order valence-corrected chi connectivity index (χ0v) is 17.6. The third-order valence-corrected chi connectivity index (χ3v) is 7.27. The molecule has 1 saturated carbocycles. The first-order valence-corrected chi connectivity index (χ1v) is 10.5. The third kappa shape index (κ3) is 2.96. The van der Waals surface area contributed by atoms with Crippen LogP contribution in [-0.4, -0.2) is 50.4 Å². The van der Waals surface area contributed by atoms with Crippen LogP contribution < -0.4 is 10.5 Å². The summed E-state index contributed by atoms with van der Waals surface area (Å²) >= 11 is 1.25. The summed E-state index contributed by atoms with van der Waals surface area (Å²) in [6, 6.07) is 3.59. The molecule has 2 aliphatic heterocycles. The Labute approximate surface area is 186 Å². The van der Waals surface area contributed by atoms with E-state index in [4.69, 9.17) is 16.9 Å². The number of amidine groups is 1. The summed E-state index contributed by atoms with van der Waals surface area (Å²) in [6.45, 7) is 0.0297. The number of ether oxygens (including phenoxy) is 1. The van der Waals surface area contributed by atoms with Crippen LogP contribution in [-0.2, 0) is 4.79 Å². The number of hydrogen-bond acceptors (Lipinski definition) is 7. The normalized spacial score (nSPS) is 28.1. The van der Waals surface area contributed by atoms with Gasteiger partial charge in [0.05, 0.1) is 24.5 Å². The van der Waals surface area contributed by atoms with E-state index in [9.17, 15) is 13.6 Å². The van der Waals surface area contributed by atoms with Gasteiger partial charge in [0.2, 0.25) is 11.8 Å². The molecular formula is C22H17F2N5O2S. The predicted octanol–water partition coefficient (Wildman–Crippen LogP) is 2.41. The van der Waals surface area contributed by atoms with E-state index in [1.54, 1.807) is 11.9 Å². The highest BCUT2D eigenvalue weighted by atomic mass is 32.2. The van der Waals surface area contributed by atoms with Gasteiger partial charge in [-0.1, -0.05) is 23.7 Å². The van der Waals surface area contributed by atoms with Crippen molar-refractivity contribution in [2.75, 3.05) is 13.7 Å². The number of halogens is 2. The molecule has 2 fully saturated rings. The molecule has 1 aromatic carbocycles. The van der Waals surface area contributed by atoms with Crippen molar-refractivity contribution < 1.29 is 18.3 Å². The fraction of sp³-hybridized carbons (Fsp3) is 0.273. The van der Waals surface area contributed by atoms with Crippen LogP contribution in [0.25, 0.3) is 11.9 Å². The molecule has 1 amide bonds. The van der Waals surface area contributed by atoms with Crippen LogP contribution in [0.1, 0.15) is 22.9 Å². The molecule has 4 unspecified atom stereocenters. The largest absolute Gasteiger partial charge is 0.463 e. The highest BCUT2D eigenvalue weighted by Gasteiger charge is 2.84. The highest BCUT2D eigenvalue weighted by Crippen LogP contribution is 2.71. The number of terminal acetylenes is 1. The van der Waals surface area contributed by atoms with Crippen LogP contribution in [0, 0.1) is 24.1 Å². The second kappa shape index (κ2) is 7.31. The van der Waals surface area contributed by atoms with Gasteiger partial charge < -0.3 is 15.4 Å². The molecule has 1 aliphatic carbocycles. The number of carbonyl (C=O) groups excluding carboxylic acids is 1. The van der Waals surface area contributed by atoms with Crippen LogP contribution in [0.2, 0.25) is 0 Å². The van der Waals surface area contributed by atoms with E-state index in [2.05, 4.69) is 20.9 Å². The van der Waals surface area contributed by atoms with Crippen LogP contribution in [0.4, 0.5) is 8.78 Å². The third-order valence-electron chi connectivity index (χ3n) is 5.93. The topological polar surface area (TPSA) is 93.7 Å². The Kier molecular flexibility index (Phi) is 4.67. The van der Waals surface area contributed by atoms with Gasteiger partial charge in [-0.3, -0.25) is 9.79 Å². The maximum absolute atomic E-state index is 14.8. The number of thioether (sulfide) groups is 1. The Bertz CT molecular complexity index is 1230. The number of hydrogen-bond donors (Lipinski definition) is 1. The standard InChI is InChI=1S/C22H17F2N5O2S/c1-3-6-31-16-10-26-15(9-27-16)14(24)8-11-4-5-13(23)12(7-11)18-17-19-22(17,20(30)29(19)2)32-21(25)28-18/h1,4-5,7-10,17-19H,6H2,2H3,(H2,25,28)/b14-8-. The molecule has 162 valence electrons. The number of benzene rings is 1. The summed E-state index contributed by atoms with van der Waals surface area (Å²) in [7, 11) is 1.72. The number of nitrogens with two attached hydrogens (primary N) is 1. The molecule has 2 aromatic rings. The van der Waals surface area contributed by atoms with E-state index < -0.39 is 22.4 Å². The molecule has 3 heterocycles. The maximum Gasteiger partial charge on any atom is 0.241 e. The first-order chi connectivity index (χ1) is 15.4. The molecule has 0 radical (unpaired) electrons. The quantitative estimate of drug-likeness (QED) is 0.552. The number of carbonyl (C=O) groups is 1. The highest BCUT2D eigenvalue weighted by molar-refractivity contribution is 8.16. The number of amides is 1. The van der Waals surface area contributed by atoms with Crippen LogP contribution in [0.5, 0.6) is 5.88 Å². The van der Waals surface area contributed by atoms with Gasteiger partial charge >= 0.3 is 0 Å². The van der Waals surface area contributed by atoms with E-state index in [1.807, 2.05) is 0 Å². The Morgan fingerprint density at radius 3 is 2.97 bits per heavy atom. The van der Waals surface area contributed by atoms with E-state index in [1.165, 1.54) is 48.4 Å². The van der Waals surface area contributed by atoms with Gasteiger partial charge in [0.1, 0.15) is 16.3 Å². The number of likely N-dealkylation sites (tertiary alicyclic amines) is 1. The SMILES string of the molecule is C#CCOc1cnc(/C(F)=C/c2ccc(F)c(C3N=C(N)SC45C(=O)N(C)C4C35)c2)cn1. The molecule has 1 spiro atoms. The van der Waals surface area contributed by atoms with Crippen molar-refractivity contribution >= 4 is 34.7 Å². The molecule has 2 N–H and O–H groups in total. The van der Waals surface area contributed by atoms with Gasteiger partial charge in [-0.25, -0.2) is 18.7 Å². The first-order valence-electron chi connectivity index (χ1n) is 9.71. The van der Waals surface area contributed by atoms with Crippen LogP contribution in [0.15, 0.2) is 35.6 Å². The van der Waals surface area contributed by atoms with Gasteiger partial charge in [0.15, 0.2) is 17.6 Å². The number of rotatable bonds is 5. The molecule has 0 bridgehead atoms. The monoisotopic (exact) mass is 453 g/mol. The molecule has 4 atom stereocenters. The van der Waals surface area contributed by atoms with Gasteiger partial charge in [0.25, 0.3) is 0 Å². The average Bonchev–Trinajstić information content (AvgIpc) is 3.43. The van der Waals surface area contributed by atoms with Gasteiger partial charge in [-0.05, 0) is 23.8 Å². The second-order valence-corrected chi connectivity index (χ2v) is 9.00. The first kappa shape index (κ1) is 20.5. The minimum atomic E-state index is -0.654. The summed E-state index contributed by atoms with van der Waals surface area (Å²) in [5, 5.41) is 0.254. The second-order valence-electron chi connectivity index (χ2n) is 7.70. The summed E-state index contributed by atoms with van der Waals surface area (Å²) in [5.41, 5.74) is 6.66. The Balaban J connectivity index is 1.43. The molecule has 3 aliphatic rings. The molecule has 1 saturated heterocycles. The zero-order chi connectivity index (χ0) is 22.6. The van der Waals surface area contributed by atoms with Crippen molar-refractivity contribution in [3.05, 3.63) is 53.2 Å². The Hall–Kier alpha value is -3.45. The van der Waals surface area contributed by atoms with Crippen LogP contribution >= 0.6 is 11.8 Å². The smallest absolute Gasteiger partial charge is 0.241 e. The van der Waals surface area contributed by atoms with Crippen molar-refractivity contribution in [1.82, 2.24) is 14.9 Å². The van der Waals surface area contributed by atoms with Crippen molar-refractivity contribution in [2.24, 2.45) is 16.6 Å². The van der Waals surface area contributed by atoms with Crippen molar-refractivity contribution in [2.45, 2.75) is 16.8 Å². The van der Waals surface area contributed by atoms with Crippen LogP contribution in [0.3, 0.4) is 0 Å². The van der Waals surface area contributed by atoms with E-state index in [0.29, 0.717) is 5.56 Å². The summed E-state index contributed by atoms with van der Waals surface area (Å²) < 4.78 is 34.0. The Morgan fingerprint density at radius 1 is 1.44 bits per heavy atom. The zero-order valence-electron chi connectivity index (χ0n) is 16.8. The molecule has 32 heavy (non-hydrogen) atoms. The number of nitrogens with zero attached hydrogens (tertiary/aromatic N) is 4. The lowest BCUT2D eigenvalue weighted by Crippen LogP contribution is -2.53. The number of aliphatic imine (C=N–C) groups is 1. The van der Waals surface area contributed by atoms with E-state index in [-0.39, 0.29) is 46.8 Å². The Morgan fingerprint density at radius 2 is 2.25 bits per heavy atom. The minimum absolute atomic E-state index is 0.00771. The fourth-order valence-corrected chi connectivity index (χ4v) is 5.99.